The number of pyridine rings is 2. The second kappa shape index (κ2) is 8.13. The number of aliphatic hydroxyl groups is 1. The highest BCUT2D eigenvalue weighted by Crippen LogP contribution is 2.32. The van der Waals surface area contributed by atoms with Gasteiger partial charge in [0.25, 0.3) is 5.91 Å². The molecule has 3 aromatic rings. The largest absolute Gasteiger partial charge is 0.392 e. The van der Waals surface area contributed by atoms with Gasteiger partial charge in [-0.2, -0.15) is 0 Å². The van der Waals surface area contributed by atoms with Crippen molar-refractivity contribution in [2.45, 2.75) is 39.2 Å². The number of aromatic nitrogens is 3. The number of hydrogen-bond acceptors (Lipinski definition) is 6. The van der Waals surface area contributed by atoms with E-state index in [-0.39, 0.29) is 18.4 Å². The standard InChI is InChI=1S/C22H24N4O3/c1-14-20(15(2)29-25-14)21-18(13-27)7-8-19(24-21)17-6-4-10-26(12-17)22(28)16-5-3-9-23-11-16/h3,5,7-9,11,17,27H,4,6,10,12-13H2,1-2H3/t17-/m0/s1. The average molecular weight is 392 g/mol. The van der Waals surface area contributed by atoms with Crippen molar-refractivity contribution in [3.63, 3.8) is 0 Å². The number of amides is 1. The van der Waals surface area contributed by atoms with E-state index in [4.69, 9.17) is 9.51 Å². The minimum absolute atomic E-state index is 0.000672. The third kappa shape index (κ3) is 3.78. The lowest BCUT2D eigenvalue weighted by Crippen LogP contribution is -2.39. The van der Waals surface area contributed by atoms with Crippen LogP contribution in [0.4, 0.5) is 0 Å². The number of carbonyl (C=O) groups excluding carboxylic acids is 1. The van der Waals surface area contributed by atoms with Gasteiger partial charge in [0, 0.05) is 42.7 Å². The Kier molecular flexibility index (Phi) is 5.40. The lowest BCUT2D eigenvalue weighted by atomic mass is 9.92. The molecule has 1 aliphatic heterocycles. The molecule has 0 bridgehead atoms. The monoisotopic (exact) mass is 392 g/mol. The Morgan fingerprint density at radius 2 is 2.17 bits per heavy atom. The molecule has 1 amide bonds. The van der Waals surface area contributed by atoms with E-state index in [1.54, 1.807) is 24.5 Å². The Morgan fingerprint density at radius 3 is 2.86 bits per heavy atom. The minimum Gasteiger partial charge on any atom is -0.392 e. The molecule has 4 rings (SSSR count). The molecule has 1 N–H and O–H groups in total. The SMILES string of the molecule is Cc1noc(C)c1-c1nc([C@H]2CCCN(C(=O)c3cccnc3)C2)ccc1CO. The highest BCUT2D eigenvalue weighted by atomic mass is 16.5. The summed E-state index contributed by atoms with van der Waals surface area (Å²) < 4.78 is 5.30. The van der Waals surface area contributed by atoms with E-state index in [2.05, 4.69) is 10.1 Å². The first kappa shape index (κ1) is 19.3. The number of piperidine rings is 1. The van der Waals surface area contributed by atoms with Crippen LogP contribution in [-0.2, 0) is 6.61 Å². The first-order valence-electron chi connectivity index (χ1n) is 9.81. The quantitative estimate of drug-likeness (QED) is 0.733. The maximum atomic E-state index is 12.8. The van der Waals surface area contributed by atoms with Gasteiger partial charge >= 0.3 is 0 Å². The second-order valence-corrected chi connectivity index (χ2v) is 7.43. The van der Waals surface area contributed by atoms with E-state index in [0.717, 1.165) is 41.9 Å². The van der Waals surface area contributed by atoms with Crippen LogP contribution >= 0.6 is 0 Å². The first-order chi connectivity index (χ1) is 14.1. The van der Waals surface area contributed by atoms with E-state index in [1.807, 2.05) is 30.9 Å². The van der Waals surface area contributed by atoms with Crippen LogP contribution in [0.1, 0.15) is 51.8 Å². The van der Waals surface area contributed by atoms with Gasteiger partial charge in [0.2, 0.25) is 0 Å². The van der Waals surface area contributed by atoms with Crippen LogP contribution in [0.2, 0.25) is 0 Å². The molecule has 1 saturated heterocycles. The van der Waals surface area contributed by atoms with E-state index in [9.17, 15) is 9.90 Å². The molecule has 1 atom stereocenters. The third-order valence-corrected chi connectivity index (χ3v) is 5.48. The summed E-state index contributed by atoms with van der Waals surface area (Å²) in [5, 5.41) is 13.8. The second-order valence-electron chi connectivity index (χ2n) is 7.43. The summed E-state index contributed by atoms with van der Waals surface area (Å²) in [4.78, 5) is 23.7. The van der Waals surface area contributed by atoms with Gasteiger partial charge in [-0.15, -0.1) is 0 Å². The molecule has 0 aromatic carbocycles. The zero-order valence-corrected chi connectivity index (χ0v) is 16.6. The van der Waals surface area contributed by atoms with E-state index >= 15 is 0 Å². The summed E-state index contributed by atoms with van der Waals surface area (Å²) in [5.74, 6) is 0.816. The van der Waals surface area contributed by atoms with Gasteiger partial charge in [-0.05, 0) is 44.9 Å². The number of rotatable bonds is 4. The topological polar surface area (TPSA) is 92.4 Å². The van der Waals surface area contributed by atoms with E-state index in [1.165, 1.54) is 0 Å². The van der Waals surface area contributed by atoms with E-state index < -0.39 is 0 Å². The summed E-state index contributed by atoms with van der Waals surface area (Å²) in [6.45, 7) is 4.95. The third-order valence-electron chi connectivity index (χ3n) is 5.48. The lowest BCUT2D eigenvalue weighted by Gasteiger charge is -2.32. The zero-order chi connectivity index (χ0) is 20.4. The Balaban J connectivity index is 1.63. The predicted molar refractivity (Wildman–Crippen MR) is 107 cm³/mol. The van der Waals surface area contributed by atoms with Crippen molar-refractivity contribution in [3.8, 4) is 11.3 Å². The van der Waals surface area contributed by atoms with Crippen molar-refractivity contribution < 1.29 is 14.4 Å². The molecule has 4 heterocycles. The molecule has 1 aliphatic rings. The number of hydrogen-bond donors (Lipinski definition) is 1. The lowest BCUT2D eigenvalue weighted by molar-refractivity contribution is 0.0705. The normalized spacial score (nSPS) is 16.8. The van der Waals surface area contributed by atoms with Gasteiger partial charge in [0.1, 0.15) is 5.76 Å². The molecule has 7 nitrogen and oxygen atoms in total. The molecule has 0 saturated carbocycles. The molecular weight excluding hydrogens is 368 g/mol. The van der Waals surface area contributed by atoms with Crippen LogP contribution in [0, 0.1) is 13.8 Å². The molecule has 1 fully saturated rings. The molecule has 0 aliphatic carbocycles. The maximum Gasteiger partial charge on any atom is 0.255 e. The van der Waals surface area contributed by atoms with Crippen molar-refractivity contribution in [2.24, 2.45) is 0 Å². The molecule has 0 radical (unpaired) electrons. The molecular formula is C22H24N4O3. The van der Waals surface area contributed by atoms with Crippen LogP contribution in [0.15, 0.2) is 41.2 Å². The highest BCUT2D eigenvalue weighted by Gasteiger charge is 2.27. The molecule has 0 spiro atoms. The summed E-state index contributed by atoms with van der Waals surface area (Å²) >= 11 is 0. The molecule has 0 unspecified atom stereocenters. The number of carbonyl (C=O) groups is 1. The Labute approximate surface area is 169 Å². The molecule has 3 aromatic heterocycles. The molecule has 29 heavy (non-hydrogen) atoms. The van der Waals surface area contributed by atoms with Gasteiger partial charge in [-0.3, -0.25) is 14.8 Å². The van der Waals surface area contributed by atoms with Crippen molar-refractivity contribution in [1.82, 2.24) is 20.0 Å². The smallest absolute Gasteiger partial charge is 0.255 e. The van der Waals surface area contributed by atoms with Crippen LogP contribution in [-0.4, -0.2) is 44.1 Å². The van der Waals surface area contributed by atoms with Gasteiger partial charge in [-0.25, -0.2) is 0 Å². The summed E-state index contributed by atoms with van der Waals surface area (Å²) in [6.07, 6.45) is 5.15. The first-order valence-corrected chi connectivity index (χ1v) is 9.81. The van der Waals surface area contributed by atoms with Crippen molar-refractivity contribution in [1.29, 1.82) is 0 Å². The zero-order valence-electron chi connectivity index (χ0n) is 16.6. The van der Waals surface area contributed by atoms with Crippen molar-refractivity contribution in [2.75, 3.05) is 13.1 Å². The van der Waals surface area contributed by atoms with Crippen molar-refractivity contribution >= 4 is 5.91 Å². The van der Waals surface area contributed by atoms with Gasteiger partial charge < -0.3 is 14.5 Å². The number of likely N-dealkylation sites (tertiary alicyclic amines) is 1. The summed E-state index contributed by atoms with van der Waals surface area (Å²) in [5.41, 5.74) is 4.54. The fourth-order valence-corrected chi connectivity index (χ4v) is 3.97. The van der Waals surface area contributed by atoms with Crippen LogP contribution in [0.3, 0.4) is 0 Å². The maximum absolute atomic E-state index is 12.8. The van der Waals surface area contributed by atoms with Crippen LogP contribution in [0.5, 0.6) is 0 Å². The number of aliphatic hydroxyl groups excluding tert-OH is 1. The number of aryl methyl sites for hydroxylation is 2. The minimum atomic E-state index is -0.108. The summed E-state index contributed by atoms with van der Waals surface area (Å²) in [7, 11) is 0. The number of nitrogens with zero attached hydrogens (tertiary/aromatic N) is 4. The predicted octanol–water partition coefficient (Wildman–Crippen LogP) is 3.26. The van der Waals surface area contributed by atoms with Crippen LogP contribution in [0.25, 0.3) is 11.3 Å². The van der Waals surface area contributed by atoms with Crippen LogP contribution < -0.4 is 0 Å². The highest BCUT2D eigenvalue weighted by molar-refractivity contribution is 5.94. The van der Waals surface area contributed by atoms with Crippen molar-refractivity contribution in [3.05, 3.63) is 64.9 Å². The molecule has 150 valence electrons. The Hall–Kier alpha value is -3.06. The van der Waals surface area contributed by atoms with Gasteiger partial charge in [-0.1, -0.05) is 11.2 Å². The van der Waals surface area contributed by atoms with Gasteiger partial charge in [0.05, 0.1) is 29.1 Å². The Bertz CT molecular complexity index is 997. The average Bonchev–Trinajstić information content (AvgIpc) is 3.11. The fraction of sp³-hybridized carbons (Fsp3) is 0.364. The Morgan fingerprint density at radius 1 is 1.31 bits per heavy atom. The van der Waals surface area contributed by atoms with Gasteiger partial charge in [0.15, 0.2) is 0 Å². The molecule has 7 heteroatoms. The summed E-state index contributed by atoms with van der Waals surface area (Å²) in [6, 6.07) is 7.43. The fourth-order valence-electron chi connectivity index (χ4n) is 3.97. The van der Waals surface area contributed by atoms with E-state index in [0.29, 0.717) is 23.6 Å².